The Balaban J connectivity index is 1.78. The first-order valence-corrected chi connectivity index (χ1v) is 11.1. The molecule has 6 heteroatoms. The van der Waals surface area contributed by atoms with Crippen molar-refractivity contribution in [3.63, 3.8) is 0 Å². The fraction of sp³-hybridized carbons (Fsp3) is 0.115. The van der Waals surface area contributed by atoms with E-state index in [4.69, 9.17) is 0 Å². The maximum Gasteiger partial charge on any atom is 0.255 e. The maximum absolute atomic E-state index is 13.9. The number of hydrogen-bond donors (Lipinski definition) is 1. The lowest BCUT2D eigenvalue weighted by Gasteiger charge is -2.38. The Bertz CT molecular complexity index is 1250. The van der Waals surface area contributed by atoms with Crippen LogP contribution in [-0.4, -0.2) is 23.6 Å². The van der Waals surface area contributed by atoms with E-state index in [1.807, 2.05) is 72.8 Å². The Kier molecular flexibility index (Phi) is 5.15. The minimum absolute atomic E-state index is 0.150. The lowest BCUT2D eigenvalue weighted by molar-refractivity contribution is -0.126. The van der Waals surface area contributed by atoms with Crippen molar-refractivity contribution in [2.75, 3.05) is 4.90 Å². The molecule has 1 N–H and O–H groups in total. The molecule has 0 aliphatic carbocycles. The molecule has 0 aromatic heterocycles. The topological polar surface area (TPSA) is 66.5 Å². The van der Waals surface area contributed by atoms with E-state index in [0.29, 0.717) is 16.2 Å². The second-order valence-electron chi connectivity index (χ2n) is 7.72. The van der Waals surface area contributed by atoms with E-state index < -0.39 is 12.0 Å². The van der Waals surface area contributed by atoms with E-state index in [1.165, 1.54) is 18.7 Å². The number of benzene rings is 3. The van der Waals surface area contributed by atoms with Crippen LogP contribution in [0.3, 0.4) is 0 Å². The predicted molar refractivity (Wildman–Crippen MR) is 124 cm³/mol. The van der Waals surface area contributed by atoms with Crippen molar-refractivity contribution in [3.8, 4) is 0 Å². The smallest absolute Gasteiger partial charge is 0.255 e. The van der Waals surface area contributed by atoms with Gasteiger partial charge in [-0.25, -0.2) is 0 Å². The molecule has 2 aliphatic heterocycles. The highest BCUT2D eigenvalue weighted by Crippen LogP contribution is 2.53. The molecule has 2 aliphatic rings. The number of ketones is 1. The van der Waals surface area contributed by atoms with Crippen LogP contribution in [0.1, 0.15) is 28.8 Å². The van der Waals surface area contributed by atoms with Crippen molar-refractivity contribution in [1.29, 1.82) is 0 Å². The van der Waals surface area contributed by atoms with E-state index in [0.717, 1.165) is 16.1 Å². The lowest BCUT2D eigenvalue weighted by Crippen LogP contribution is -2.54. The SMILES string of the molecule is CC(=O)N[C@H]1C(=O)N2C(=C(C(=O)c3ccccc3)[C@H]1c1ccccc1)Sc1ccccc12. The van der Waals surface area contributed by atoms with E-state index in [2.05, 4.69) is 5.32 Å². The number of rotatable bonds is 4. The molecule has 0 spiro atoms. The fourth-order valence-corrected chi connectivity index (χ4v) is 5.56. The number of thioether (sulfide) groups is 1. The van der Waals surface area contributed by atoms with Crippen LogP contribution in [0, 0.1) is 0 Å². The molecule has 2 amide bonds. The molecule has 32 heavy (non-hydrogen) atoms. The Morgan fingerprint density at radius 2 is 1.50 bits per heavy atom. The molecular weight excluding hydrogens is 420 g/mol. The van der Waals surface area contributed by atoms with Crippen LogP contribution in [-0.2, 0) is 9.59 Å². The van der Waals surface area contributed by atoms with Crippen LogP contribution in [0.15, 0.2) is 100 Å². The number of anilines is 1. The number of hydrogen-bond acceptors (Lipinski definition) is 4. The van der Waals surface area contributed by atoms with Gasteiger partial charge < -0.3 is 5.32 Å². The number of carbonyl (C=O) groups excluding carboxylic acids is 3. The third-order valence-corrected chi connectivity index (χ3v) is 6.84. The van der Waals surface area contributed by atoms with Crippen molar-refractivity contribution in [3.05, 3.63) is 107 Å². The van der Waals surface area contributed by atoms with Crippen LogP contribution in [0.4, 0.5) is 5.69 Å². The van der Waals surface area contributed by atoms with Gasteiger partial charge >= 0.3 is 0 Å². The quantitative estimate of drug-likeness (QED) is 0.606. The van der Waals surface area contributed by atoms with Gasteiger partial charge in [-0.05, 0) is 17.7 Å². The van der Waals surface area contributed by atoms with Crippen LogP contribution in [0.2, 0.25) is 0 Å². The second kappa shape index (κ2) is 8.13. The second-order valence-corrected chi connectivity index (χ2v) is 8.75. The average Bonchev–Trinajstić information content (AvgIpc) is 3.20. The largest absolute Gasteiger partial charge is 0.344 e. The van der Waals surface area contributed by atoms with Gasteiger partial charge in [-0.2, -0.15) is 0 Å². The first-order chi connectivity index (χ1) is 15.6. The zero-order valence-electron chi connectivity index (χ0n) is 17.3. The fourth-order valence-electron chi connectivity index (χ4n) is 4.33. The van der Waals surface area contributed by atoms with Crippen molar-refractivity contribution in [2.24, 2.45) is 0 Å². The van der Waals surface area contributed by atoms with Gasteiger partial charge in [0.05, 0.1) is 10.7 Å². The third-order valence-electron chi connectivity index (χ3n) is 5.68. The van der Waals surface area contributed by atoms with Crippen LogP contribution in [0.5, 0.6) is 0 Å². The summed E-state index contributed by atoms with van der Waals surface area (Å²) in [6.45, 7) is 1.39. The van der Waals surface area contributed by atoms with E-state index in [-0.39, 0.29) is 17.6 Å². The molecule has 0 unspecified atom stereocenters. The Hall–Kier alpha value is -3.64. The summed E-state index contributed by atoms with van der Waals surface area (Å²) < 4.78 is 0. The summed E-state index contributed by atoms with van der Waals surface area (Å²) in [4.78, 5) is 42.3. The highest BCUT2D eigenvalue weighted by atomic mass is 32.2. The number of Topliss-reactive ketones (excluding diaryl/α,β-unsaturated/α-hetero) is 1. The van der Waals surface area contributed by atoms with Crippen LogP contribution in [0.25, 0.3) is 0 Å². The van der Waals surface area contributed by atoms with Crippen molar-refractivity contribution in [2.45, 2.75) is 23.8 Å². The Labute approximate surface area is 190 Å². The van der Waals surface area contributed by atoms with Crippen LogP contribution >= 0.6 is 11.8 Å². The summed E-state index contributed by atoms with van der Waals surface area (Å²) in [7, 11) is 0. The number of fused-ring (bicyclic) bond motifs is 3. The molecule has 0 fully saturated rings. The molecule has 0 bridgehead atoms. The monoisotopic (exact) mass is 440 g/mol. The molecule has 0 radical (unpaired) electrons. The first-order valence-electron chi connectivity index (χ1n) is 10.3. The van der Waals surface area contributed by atoms with Gasteiger partial charge in [0, 0.05) is 28.9 Å². The molecular formula is C26H20N2O3S. The molecule has 3 aromatic rings. The summed E-state index contributed by atoms with van der Waals surface area (Å²) >= 11 is 1.43. The van der Waals surface area contributed by atoms with Gasteiger partial charge in [0.1, 0.15) is 6.04 Å². The Morgan fingerprint density at radius 3 is 2.19 bits per heavy atom. The zero-order valence-corrected chi connectivity index (χ0v) is 18.1. The van der Waals surface area contributed by atoms with Gasteiger partial charge in [0.15, 0.2) is 5.78 Å². The molecule has 5 nitrogen and oxygen atoms in total. The predicted octanol–water partition coefficient (Wildman–Crippen LogP) is 4.52. The molecule has 0 saturated carbocycles. The van der Waals surface area contributed by atoms with Gasteiger partial charge in [-0.1, -0.05) is 84.6 Å². The highest BCUT2D eigenvalue weighted by molar-refractivity contribution is 8.03. The highest BCUT2D eigenvalue weighted by Gasteiger charge is 2.49. The summed E-state index contributed by atoms with van der Waals surface area (Å²) in [6.07, 6.45) is 0. The molecule has 0 saturated heterocycles. The third kappa shape index (κ3) is 3.33. The minimum atomic E-state index is -0.895. The Morgan fingerprint density at radius 1 is 0.875 bits per heavy atom. The zero-order chi connectivity index (χ0) is 22.2. The minimum Gasteiger partial charge on any atom is -0.344 e. The molecule has 158 valence electrons. The molecule has 2 heterocycles. The number of amides is 2. The summed E-state index contributed by atoms with van der Waals surface area (Å²) in [6, 6.07) is 25.2. The number of para-hydroxylation sites is 1. The van der Waals surface area contributed by atoms with Gasteiger partial charge in [0.2, 0.25) is 5.91 Å². The lowest BCUT2D eigenvalue weighted by atomic mass is 9.79. The van der Waals surface area contributed by atoms with E-state index >= 15 is 0 Å². The first kappa shape index (κ1) is 20.3. The van der Waals surface area contributed by atoms with Crippen LogP contribution < -0.4 is 10.2 Å². The van der Waals surface area contributed by atoms with E-state index in [1.54, 1.807) is 17.0 Å². The van der Waals surface area contributed by atoms with Crippen molar-refractivity contribution < 1.29 is 14.4 Å². The van der Waals surface area contributed by atoms with Gasteiger partial charge in [-0.3, -0.25) is 19.3 Å². The normalized spacial score (nSPS) is 19.4. The van der Waals surface area contributed by atoms with Crippen molar-refractivity contribution >= 4 is 35.0 Å². The standard InChI is InChI=1S/C26H20N2O3S/c1-16(29)27-23-21(17-10-4-2-5-11-17)22(24(30)18-12-6-3-7-13-18)26-28(25(23)31)19-14-8-9-15-20(19)32-26/h2-15,21,23H,1H3,(H,27,29)/t21-,23-/m1/s1. The van der Waals surface area contributed by atoms with Gasteiger partial charge in [0.25, 0.3) is 5.91 Å². The molecule has 5 rings (SSSR count). The van der Waals surface area contributed by atoms with Gasteiger partial charge in [-0.15, -0.1) is 0 Å². The number of nitrogens with zero attached hydrogens (tertiary/aromatic N) is 1. The average molecular weight is 441 g/mol. The summed E-state index contributed by atoms with van der Waals surface area (Å²) in [5.74, 6) is -1.32. The number of nitrogens with one attached hydrogen (secondary N) is 1. The summed E-state index contributed by atoms with van der Waals surface area (Å²) in [5.41, 5.74) is 2.60. The van der Waals surface area contributed by atoms with E-state index in [9.17, 15) is 14.4 Å². The summed E-state index contributed by atoms with van der Waals surface area (Å²) in [5, 5.41) is 3.45. The molecule has 3 aromatic carbocycles. The maximum atomic E-state index is 13.9. The molecule has 2 atom stereocenters. The number of carbonyl (C=O) groups is 3. The van der Waals surface area contributed by atoms with Crippen molar-refractivity contribution in [1.82, 2.24) is 5.32 Å².